The van der Waals surface area contributed by atoms with Gasteiger partial charge < -0.3 is 10.6 Å². The molecule has 0 bridgehead atoms. The molecule has 1 amide bonds. The number of rotatable bonds is 4. The second kappa shape index (κ2) is 7.62. The average molecular weight is 393 g/mol. The van der Waals surface area contributed by atoms with E-state index in [2.05, 4.69) is 20.6 Å². The molecule has 0 fully saturated rings. The Kier molecular flexibility index (Phi) is 4.87. The predicted octanol–water partition coefficient (Wildman–Crippen LogP) is 5.42. The Balaban J connectivity index is 1.56. The smallest absolute Gasteiger partial charge is 0.255 e. The van der Waals surface area contributed by atoms with Crippen molar-refractivity contribution in [3.05, 3.63) is 89.5 Å². The molecular formula is C21H14ClFN4O. The number of amides is 1. The first-order chi connectivity index (χ1) is 13.6. The lowest BCUT2D eigenvalue weighted by Gasteiger charge is -2.10. The van der Waals surface area contributed by atoms with Crippen LogP contribution in [0.15, 0.2) is 73.1 Å². The van der Waals surface area contributed by atoms with Crippen molar-refractivity contribution in [3.63, 3.8) is 0 Å². The van der Waals surface area contributed by atoms with Crippen LogP contribution in [-0.4, -0.2) is 15.9 Å². The van der Waals surface area contributed by atoms with Gasteiger partial charge in [0.15, 0.2) is 0 Å². The first kappa shape index (κ1) is 17.9. The van der Waals surface area contributed by atoms with Gasteiger partial charge in [0.2, 0.25) is 0 Å². The number of halogens is 2. The SMILES string of the molecule is O=C(Nc1cccc2cccnc12)c1ccnc(Nc2ccc(F)c(Cl)c2)c1. The zero-order valence-electron chi connectivity index (χ0n) is 14.5. The maximum atomic E-state index is 13.3. The zero-order valence-corrected chi connectivity index (χ0v) is 15.2. The van der Waals surface area contributed by atoms with E-state index >= 15 is 0 Å². The summed E-state index contributed by atoms with van der Waals surface area (Å²) in [4.78, 5) is 21.2. The molecule has 4 aromatic rings. The molecule has 4 rings (SSSR count). The highest BCUT2D eigenvalue weighted by Gasteiger charge is 2.10. The minimum atomic E-state index is -0.503. The van der Waals surface area contributed by atoms with Crippen molar-refractivity contribution >= 4 is 45.6 Å². The largest absolute Gasteiger partial charge is 0.340 e. The van der Waals surface area contributed by atoms with Crippen molar-refractivity contribution < 1.29 is 9.18 Å². The molecule has 0 aliphatic carbocycles. The van der Waals surface area contributed by atoms with Gasteiger partial charge in [-0.05, 0) is 42.5 Å². The summed E-state index contributed by atoms with van der Waals surface area (Å²) < 4.78 is 13.3. The Morgan fingerprint density at radius 2 is 1.82 bits per heavy atom. The summed E-state index contributed by atoms with van der Waals surface area (Å²) in [5, 5.41) is 6.83. The van der Waals surface area contributed by atoms with Crippen LogP contribution >= 0.6 is 11.6 Å². The van der Waals surface area contributed by atoms with Crippen LogP contribution in [0.25, 0.3) is 10.9 Å². The lowest BCUT2D eigenvalue weighted by molar-refractivity contribution is 0.102. The molecule has 2 heterocycles. The van der Waals surface area contributed by atoms with Gasteiger partial charge in [0.1, 0.15) is 11.6 Å². The van der Waals surface area contributed by atoms with Crippen LogP contribution < -0.4 is 10.6 Å². The third-order valence-electron chi connectivity index (χ3n) is 4.10. The third-order valence-corrected chi connectivity index (χ3v) is 4.38. The molecule has 2 N–H and O–H groups in total. The van der Waals surface area contributed by atoms with Gasteiger partial charge >= 0.3 is 0 Å². The molecular weight excluding hydrogens is 379 g/mol. The average Bonchev–Trinajstić information content (AvgIpc) is 2.71. The van der Waals surface area contributed by atoms with E-state index in [-0.39, 0.29) is 10.9 Å². The van der Waals surface area contributed by atoms with E-state index in [4.69, 9.17) is 11.6 Å². The molecule has 0 spiro atoms. The van der Waals surface area contributed by atoms with Gasteiger partial charge in [-0.2, -0.15) is 0 Å². The standard InChI is InChI=1S/C21H14ClFN4O/c22-16-12-15(6-7-17(16)23)26-19-11-14(8-10-24-19)21(28)27-18-5-1-3-13-4-2-9-25-20(13)18/h1-12H,(H,24,26)(H,27,28). The molecule has 2 aromatic heterocycles. The third kappa shape index (κ3) is 3.77. The number of carbonyl (C=O) groups excluding carboxylic acids is 1. The molecule has 0 saturated heterocycles. The topological polar surface area (TPSA) is 66.9 Å². The fraction of sp³-hybridized carbons (Fsp3) is 0. The van der Waals surface area contributed by atoms with Crippen LogP contribution in [0.3, 0.4) is 0 Å². The lowest BCUT2D eigenvalue weighted by Crippen LogP contribution is -2.13. The summed E-state index contributed by atoms with van der Waals surface area (Å²) in [5.41, 5.74) is 2.32. The van der Waals surface area contributed by atoms with Gasteiger partial charge in [0, 0.05) is 29.0 Å². The first-order valence-electron chi connectivity index (χ1n) is 8.43. The Morgan fingerprint density at radius 1 is 0.964 bits per heavy atom. The number of carbonyl (C=O) groups is 1. The molecule has 0 radical (unpaired) electrons. The molecule has 28 heavy (non-hydrogen) atoms. The highest BCUT2D eigenvalue weighted by molar-refractivity contribution is 6.31. The van der Waals surface area contributed by atoms with E-state index in [1.807, 2.05) is 24.3 Å². The Morgan fingerprint density at radius 3 is 2.68 bits per heavy atom. The van der Waals surface area contributed by atoms with E-state index < -0.39 is 5.82 Å². The summed E-state index contributed by atoms with van der Waals surface area (Å²) in [6.07, 6.45) is 3.20. The fourth-order valence-electron chi connectivity index (χ4n) is 2.76. The summed E-state index contributed by atoms with van der Waals surface area (Å²) in [6, 6.07) is 16.8. The molecule has 7 heteroatoms. The van der Waals surface area contributed by atoms with Crippen molar-refractivity contribution in [1.29, 1.82) is 0 Å². The van der Waals surface area contributed by atoms with Crippen molar-refractivity contribution in [1.82, 2.24) is 9.97 Å². The zero-order chi connectivity index (χ0) is 19.5. The van der Waals surface area contributed by atoms with Gasteiger partial charge in [0.05, 0.1) is 16.2 Å². The number of hydrogen-bond acceptors (Lipinski definition) is 4. The first-order valence-corrected chi connectivity index (χ1v) is 8.81. The number of aromatic nitrogens is 2. The Labute approximate surface area is 165 Å². The van der Waals surface area contributed by atoms with Crippen LogP contribution in [0, 0.1) is 5.82 Å². The number of anilines is 3. The monoisotopic (exact) mass is 392 g/mol. The second-order valence-electron chi connectivity index (χ2n) is 6.02. The normalized spacial score (nSPS) is 10.6. The van der Waals surface area contributed by atoms with Crippen LogP contribution in [0.4, 0.5) is 21.6 Å². The van der Waals surface area contributed by atoms with Crippen LogP contribution in [-0.2, 0) is 0 Å². The fourth-order valence-corrected chi connectivity index (χ4v) is 2.94. The minimum Gasteiger partial charge on any atom is -0.340 e. The molecule has 2 aromatic carbocycles. The van der Waals surface area contributed by atoms with Gasteiger partial charge in [-0.1, -0.05) is 29.8 Å². The number of fused-ring (bicyclic) bond motifs is 1. The number of pyridine rings is 2. The Bertz CT molecular complexity index is 1180. The van der Waals surface area contributed by atoms with E-state index in [9.17, 15) is 9.18 Å². The molecule has 0 saturated carbocycles. The van der Waals surface area contributed by atoms with Gasteiger partial charge in [-0.15, -0.1) is 0 Å². The van der Waals surface area contributed by atoms with Crippen molar-refractivity contribution in [2.24, 2.45) is 0 Å². The summed E-state index contributed by atoms with van der Waals surface area (Å²) in [5.74, 6) is -0.357. The minimum absolute atomic E-state index is 0.00218. The number of benzene rings is 2. The highest BCUT2D eigenvalue weighted by atomic mass is 35.5. The maximum absolute atomic E-state index is 13.3. The lowest BCUT2D eigenvalue weighted by atomic mass is 10.1. The van der Waals surface area contributed by atoms with Crippen LogP contribution in [0.1, 0.15) is 10.4 Å². The van der Waals surface area contributed by atoms with Gasteiger partial charge in [-0.3, -0.25) is 9.78 Å². The molecule has 0 unspecified atom stereocenters. The maximum Gasteiger partial charge on any atom is 0.255 e. The summed E-state index contributed by atoms with van der Waals surface area (Å²) in [7, 11) is 0. The quantitative estimate of drug-likeness (QED) is 0.486. The number of nitrogens with one attached hydrogen (secondary N) is 2. The molecule has 138 valence electrons. The molecule has 5 nitrogen and oxygen atoms in total. The van der Waals surface area contributed by atoms with Gasteiger partial charge in [0.25, 0.3) is 5.91 Å². The summed E-state index contributed by atoms with van der Waals surface area (Å²) >= 11 is 5.79. The van der Waals surface area contributed by atoms with Crippen LogP contribution in [0.2, 0.25) is 5.02 Å². The second-order valence-corrected chi connectivity index (χ2v) is 6.43. The van der Waals surface area contributed by atoms with Crippen molar-refractivity contribution in [2.75, 3.05) is 10.6 Å². The summed E-state index contributed by atoms with van der Waals surface area (Å²) in [6.45, 7) is 0. The molecule has 0 aliphatic heterocycles. The molecule has 0 atom stereocenters. The predicted molar refractivity (Wildman–Crippen MR) is 109 cm³/mol. The van der Waals surface area contributed by atoms with E-state index in [1.54, 1.807) is 24.4 Å². The van der Waals surface area contributed by atoms with E-state index in [0.717, 1.165) is 5.39 Å². The molecule has 0 aliphatic rings. The highest BCUT2D eigenvalue weighted by Crippen LogP contribution is 2.24. The number of nitrogens with zero attached hydrogens (tertiary/aromatic N) is 2. The van der Waals surface area contributed by atoms with Crippen LogP contribution in [0.5, 0.6) is 0 Å². The van der Waals surface area contributed by atoms with Gasteiger partial charge in [-0.25, -0.2) is 9.37 Å². The van der Waals surface area contributed by atoms with E-state index in [1.165, 1.54) is 24.4 Å². The van der Waals surface area contributed by atoms with Crippen molar-refractivity contribution in [3.8, 4) is 0 Å². The van der Waals surface area contributed by atoms with Crippen molar-refractivity contribution in [2.45, 2.75) is 0 Å². The number of hydrogen-bond donors (Lipinski definition) is 2. The Hall–Kier alpha value is -3.51. The van der Waals surface area contributed by atoms with E-state index in [0.29, 0.717) is 28.3 Å². The number of para-hydroxylation sites is 1.